The van der Waals surface area contributed by atoms with Gasteiger partial charge in [0, 0.05) is 11.3 Å². The van der Waals surface area contributed by atoms with Crippen LogP contribution in [0.1, 0.15) is 12.5 Å². The Balaban J connectivity index is 1.77. The van der Waals surface area contributed by atoms with E-state index in [1.165, 1.54) is 7.11 Å². The molecule has 1 heterocycles. The minimum atomic E-state index is -0.520. The van der Waals surface area contributed by atoms with Gasteiger partial charge in [-0.1, -0.05) is 30.3 Å². The van der Waals surface area contributed by atoms with Crippen LogP contribution >= 0.6 is 11.8 Å². The van der Waals surface area contributed by atoms with E-state index >= 15 is 0 Å². The van der Waals surface area contributed by atoms with Crippen LogP contribution in [-0.2, 0) is 9.59 Å². The maximum atomic E-state index is 12.7. The predicted octanol–water partition coefficient (Wildman–Crippen LogP) is 3.77. The van der Waals surface area contributed by atoms with Crippen molar-refractivity contribution in [1.29, 1.82) is 0 Å². The molecule has 1 fully saturated rings. The van der Waals surface area contributed by atoms with Crippen molar-refractivity contribution >= 4 is 40.6 Å². The van der Waals surface area contributed by atoms with Crippen LogP contribution in [-0.4, -0.2) is 42.2 Å². The number of hydrogen-bond donors (Lipinski definition) is 1. The second kappa shape index (κ2) is 9.29. The van der Waals surface area contributed by atoms with E-state index in [2.05, 4.69) is 5.32 Å². The number of para-hydroxylation sites is 2. The van der Waals surface area contributed by atoms with Gasteiger partial charge in [0.25, 0.3) is 11.1 Å². The van der Waals surface area contributed by atoms with E-state index in [1.54, 1.807) is 48.5 Å². The summed E-state index contributed by atoms with van der Waals surface area (Å²) in [5.74, 6) is 0.0535. The van der Waals surface area contributed by atoms with E-state index in [4.69, 9.17) is 9.47 Å². The van der Waals surface area contributed by atoms with Gasteiger partial charge >= 0.3 is 0 Å². The Hall–Kier alpha value is -3.26. The number of methoxy groups -OCH3 is 1. The molecule has 2 aromatic rings. The molecule has 1 aliphatic rings. The molecule has 0 spiro atoms. The minimum absolute atomic E-state index is 0.219. The van der Waals surface area contributed by atoms with E-state index in [9.17, 15) is 14.4 Å². The van der Waals surface area contributed by atoms with Gasteiger partial charge in [0.15, 0.2) is 11.5 Å². The highest BCUT2D eigenvalue weighted by atomic mass is 32.2. The molecule has 0 aromatic heterocycles. The lowest BCUT2D eigenvalue weighted by molar-refractivity contribution is -0.127. The first-order valence-electron chi connectivity index (χ1n) is 8.93. The lowest BCUT2D eigenvalue weighted by Crippen LogP contribution is -2.36. The van der Waals surface area contributed by atoms with Gasteiger partial charge < -0.3 is 14.8 Å². The molecule has 150 valence electrons. The van der Waals surface area contributed by atoms with Gasteiger partial charge in [0.05, 0.1) is 18.6 Å². The number of amides is 3. The van der Waals surface area contributed by atoms with Crippen LogP contribution < -0.4 is 14.8 Å². The molecule has 1 N–H and O–H groups in total. The molecule has 0 radical (unpaired) electrons. The van der Waals surface area contributed by atoms with E-state index < -0.39 is 17.1 Å². The number of nitrogens with one attached hydrogen (secondary N) is 1. The van der Waals surface area contributed by atoms with Crippen molar-refractivity contribution < 1.29 is 23.9 Å². The molecule has 2 aromatic carbocycles. The van der Waals surface area contributed by atoms with Crippen molar-refractivity contribution in [3.8, 4) is 11.5 Å². The topological polar surface area (TPSA) is 84.9 Å². The zero-order chi connectivity index (χ0) is 20.8. The Kier molecular flexibility index (Phi) is 6.56. The number of thioether (sulfide) groups is 1. The van der Waals surface area contributed by atoms with E-state index in [1.807, 2.05) is 13.0 Å². The summed E-state index contributed by atoms with van der Waals surface area (Å²) in [4.78, 5) is 38.4. The molecule has 0 atom stereocenters. The van der Waals surface area contributed by atoms with Gasteiger partial charge in [-0.15, -0.1) is 0 Å². The van der Waals surface area contributed by atoms with Gasteiger partial charge in [-0.25, -0.2) is 0 Å². The van der Waals surface area contributed by atoms with Crippen molar-refractivity contribution in [2.24, 2.45) is 0 Å². The zero-order valence-electron chi connectivity index (χ0n) is 16.0. The third-order valence-corrected chi connectivity index (χ3v) is 4.94. The molecule has 1 saturated heterocycles. The van der Waals surface area contributed by atoms with Crippen LogP contribution in [0.25, 0.3) is 6.08 Å². The smallest absolute Gasteiger partial charge is 0.294 e. The summed E-state index contributed by atoms with van der Waals surface area (Å²) in [5.41, 5.74) is 1.21. The van der Waals surface area contributed by atoms with Gasteiger partial charge in [0.2, 0.25) is 5.91 Å². The summed E-state index contributed by atoms with van der Waals surface area (Å²) in [6.07, 6.45) is 1.58. The predicted molar refractivity (Wildman–Crippen MR) is 112 cm³/mol. The average Bonchev–Trinajstić information content (AvgIpc) is 2.97. The highest BCUT2D eigenvalue weighted by molar-refractivity contribution is 8.18. The van der Waals surface area contributed by atoms with Gasteiger partial charge in [0.1, 0.15) is 6.54 Å². The molecular weight excluding hydrogens is 392 g/mol. The number of carbonyl (C=O) groups is 3. The molecule has 1 aliphatic heterocycles. The van der Waals surface area contributed by atoms with Gasteiger partial charge in [-0.05, 0) is 43.0 Å². The third-order valence-electron chi connectivity index (χ3n) is 4.04. The SMILES string of the molecule is CCOc1c(/C=C2\SC(=O)N(CC(=O)Nc3ccccc3)C2=O)cccc1OC. The lowest BCUT2D eigenvalue weighted by atomic mass is 10.1. The van der Waals surface area contributed by atoms with E-state index in [0.29, 0.717) is 29.4 Å². The largest absolute Gasteiger partial charge is 0.493 e. The molecule has 29 heavy (non-hydrogen) atoms. The molecule has 0 unspecified atom stereocenters. The second-order valence-electron chi connectivity index (χ2n) is 5.99. The van der Waals surface area contributed by atoms with E-state index in [-0.39, 0.29) is 11.4 Å². The van der Waals surface area contributed by atoms with Gasteiger partial charge in [-0.3, -0.25) is 19.3 Å². The first kappa shape index (κ1) is 20.5. The number of benzene rings is 2. The lowest BCUT2D eigenvalue weighted by Gasteiger charge is -2.13. The molecule has 0 aliphatic carbocycles. The molecule has 0 bridgehead atoms. The number of imide groups is 1. The highest BCUT2D eigenvalue weighted by Gasteiger charge is 2.36. The number of rotatable bonds is 7. The Morgan fingerprint density at radius 1 is 1.14 bits per heavy atom. The summed E-state index contributed by atoms with van der Waals surface area (Å²) in [5, 5.41) is 2.17. The molecule has 3 rings (SSSR count). The molecule has 8 heteroatoms. The van der Waals surface area contributed by atoms with Crippen LogP contribution in [0, 0.1) is 0 Å². The second-order valence-corrected chi connectivity index (χ2v) is 6.99. The van der Waals surface area contributed by atoms with Gasteiger partial charge in [-0.2, -0.15) is 0 Å². The Labute approximate surface area is 172 Å². The van der Waals surface area contributed by atoms with Crippen LogP contribution in [0.2, 0.25) is 0 Å². The van der Waals surface area contributed by atoms with Crippen LogP contribution in [0.3, 0.4) is 0 Å². The Morgan fingerprint density at radius 2 is 1.90 bits per heavy atom. The van der Waals surface area contributed by atoms with E-state index in [0.717, 1.165) is 16.7 Å². The first-order chi connectivity index (χ1) is 14.0. The summed E-state index contributed by atoms with van der Waals surface area (Å²) in [6, 6.07) is 14.1. The zero-order valence-corrected chi connectivity index (χ0v) is 16.8. The fraction of sp³-hybridized carbons (Fsp3) is 0.190. The molecule has 3 amide bonds. The maximum Gasteiger partial charge on any atom is 0.294 e. The van der Waals surface area contributed by atoms with Crippen molar-refractivity contribution in [2.45, 2.75) is 6.92 Å². The number of hydrogen-bond acceptors (Lipinski definition) is 6. The summed E-state index contributed by atoms with van der Waals surface area (Å²) < 4.78 is 10.9. The highest BCUT2D eigenvalue weighted by Crippen LogP contribution is 2.37. The first-order valence-corrected chi connectivity index (χ1v) is 9.75. The third kappa shape index (κ3) is 4.78. The quantitative estimate of drug-likeness (QED) is 0.697. The summed E-state index contributed by atoms with van der Waals surface area (Å²) >= 11 is 0.787. The standard InChI is InChI=1S/C21H20N2O5S/c1-3-28-19-14(8-7-11-16(19)27-2)12-17-20(25)23(21(26)29-17)13-18(24)22-15-9-5-4-6-10-15/h4-12H,3,13H2,1-2H3,(H,22,24)/b17-12-. The molecule has 0 saturated carbocycles. The fourth-order valence-electron chi connectivity index (χ4n) is 2.75. The molecular formula is C21H20N2O5S. The molecule has 7 nitrogen and oxygen atoms in total. The Morgan fingerprint density at radius 3 is 2.59 bits per heavy atom. The minimum Gasteiger partial charge on any atom is -0.493 e. The summed E-state index contributed by atoms with van der Waals surface area (Å²) in [7, 11) is 1.53. The summed E-state index contributed by atoms with van der Waals surface area (Å²) in [6.45, 7) is 1.91. The van der Waals surface area contributed by atoms with Crippen LogP contribution in [0.5, 0.6) is 11.5 Å². The van der Waals surface area contributed by atoms with Crippen LogP contribution in [0.15, 0.2) is 53.4 Å². The normalized spacial score (nSPS) is 15.0. The number of anilines is 1. The number of nitrogens with zero attached hydrogens (tertiary/aromatic N) is 1. The van der Waals surface area contributed by atoms with Crippen LogP contribution in [0.4, 0.5) is 10.5 Å². The van der Waals surface area contributed by atoms with Crippen molar-refractivity contribution in [1.82, 2.24) is 4.90 Å². The monoisotopic (exact) mass is 412 g/mol. The van der Waals surface area contributed by atoms with Crippen molar-refractivity contribution in [3.63, 3.8) is 0 Å². The average molecular weight is 412 g/mol. The fourth-order valence-corrected chi connectivity index (χ4v) is 3.58. The van der Waals surface area contributed by atoms with Crippen molar-refractivity contribution in [2.75, 3.05) is 25.6 Å². The number of carbonyl (C=O) groups excluding carboxylic acids is 3. The number of ether oxygens (including phenoxy) is 2. The van der Waals surface area contributed by atoms with Crippen molar-refractivity contribution in [3.05, 3.63) is 59.0 Å². The Bertz CT molecular complexity index is 959. The maximum absolute atomic E-state index is 12.7.